The van der Waals surface area contributed by atoms with Crippen LogP contribution in [0.4, 0.5) is 17.6 Å². The summed E-state index contributed by atoms with van der Waals surface area (Å²) in [5.74, 6) is -0.972. The molecule has 104 valence electrons. The highest BCUT2D eigenvalue weighted by molar-refractivity contribution is 6.35. The first-order chi connectivity index (χ1) is 8.67. The van der Waals surface area contributed by atoms with Crippen molar-refractivity contribution in [2.24, 2.45) is 5.16 Å². The van der Waals surface area contributed by atoms with Gasteiger partial charge in [0.25, 0.3) is 5.60 Å². The maximum atomic E-state index is 13.3. The van der Waals surface area contributed by atoms with Crippen molar-refractivity contribution in [1.29, 1.82) is 0 Å². The van der Waals surface area contributed by atoms with Crippen LogP contribution in [0.5, 0.6) is 0 Å². The Morgan fingerprint density at radius 3 is 2.16 bits per heavy atom. The Balaban J connectivity index is 2.59. The van der Waals surface area contributed by atoms with E-state index in [1.807, 2.05) is 0 Å². The third-order valence-corrected chi connectivity index (χ3v) is 3.32. The van der Waals surface area contributed by atoms with Gasteiger partial charge in [-0.2, -0.15) is 13.2 Å². The average Bonchev–Trinajstić information content (AvgIpc) is 2.68. The molecule has 0 spiro atoms. The molecule has 8 heteroatoms. The van der Waals surface area contributed by atoms with E-state index in [2.05, 4.69) is 9.99 Å². The predicted octanol–water partition coefficient (Wildman–Crippen LogP) is 4.69. The van der Waals surface area contributed by atoms with E-state index in [-0.39, 0.29) is 11.3 Å². The second-order valence-corrected chi connectivity index (χ2v) is 4.99. The monoisotopic (exact) mass is 315 g/mol. The predicted molar refractivity (Wildman–Crippen MR) is 63.0 cm³/mol. The Kier molecular flexibility index (Phi) is 3.43. The lowest BCUT2D eigenvalue weighted by molar-refractivity contribution is -0.275. The van der Waals surface area contributed by atoms with Gasteiger partial charge < -0.3 is 4.84 Å². The van der Waals surface area contributed by atoms with Crippen LogP contribution in [-0.4, -0.2) is 11.9 Å². The fraction of sp³-hybridized carbons (Fsp3) is 0.364. The van der Waals surface area contributed by atoms with Crippen LogP contribution in [-0.2, 0) is 10.4 Å². The first-order valence-electron chi connectivity index (χ1n) is 5.11. The number of nitrogens with zero attached hydrogens (tertiary/aromatic N) is 1. The van der Waals surface area contributed by atoms with Crippen LogP contribution in [0.2, 0.25) is 10.0 Å². The van der Waals surface area contributed by atoms with E-state index >= 15 is 0 Å². The Labute approximate surface area is 115 Å². The van der Waals surface area contributed by atoms with Crippen molar-refractivity contribution in [1.82, 2.24) is 0 Å². The van der Waals surface area contributed by atoms with Gasteiger partial charge >= 0.3 is 6.18 Å². The summed E-state index contributed by atoms with van der Waals surface area (Å²) in [7, 11) is 0. The Morgan fingerprint density at radius 1 is 1.26 bits per heavy atom. The van der Waals surface area contributed by atoms with E-state index in [9.17, 15) is 17.6 Å². The summed E-state index contributed by atoms with van der Waals surface area (Å²) >= 11 is 11.1. The smallest absolute Gasteiger partial charge is 0.374 e. The van der Waals surface area contributed by atoms with E-state index in [1.54, 1.807) is 0 Å². The van der Waals surface area contributed by atoms with Crippen molar-refractivity contribution in [3.8, 4) is 0 Å². The number of rotatable bonds is 1. The molecule has 0 saturated heterocycles. The zero-order chi connectivity index (χ0) is 14.4. The van der Waals surface area contributed by atoms with Gasteiger partial charge in [-0.1, -0.05) is 28.4 Å². The van der Waals surface area contributed by atoms with E-state index in [1.165, 1.54) is 6.92 Å². The molecule has 1 atom stereocenters. The summed E-state index contributed by atoms with van der Waals surface area (Å²) in [4.78, 5) is 4.58. The normalized spacial score (nSPS) is 23.2. The van der Waals surface area contributed by atoms with E-state index < -0.39 is 34.1 Å². The molecule has 0 fully saturated rings. The van der Waals surface area contributed by atoms with Crippen LogP contribution >= 0.6 is 23.2 Å². The van der Waals surface area contributed by atoms with Crippen LogP contribution in [0.3, 0.4) is 0 Å². The number of oxime groups is 1. The molecule has 19 heavy (non-hydrogen) atoms. The molecule has 0 aromatic heterocycles. The van der Waals surface area contributed by atoms with Gasteiger partial charge in [0.05, 0.1) is 15.8 Å². The topological polar surface area (TPSA) is 21.6 Å². The molecule has 0 aliphatic carbocycles. The SMILES string of the molecule is CC1=NOC(c2cc(Cl)c(F)c(Cl)c2)(C(F)(F)F)C1. The molecule has 1 aliphatic heterocycles. The van der Waals surface area contributed by atoms with E-state index in [4.69, 9.17) is 23.2 Å². The van der Waals surface area contributed by atoms with Gasteiger partial charge in [-0.05, 0) is 19.1 Å². The first kappa shape index (κ1) is 14.4. The van der Waals surface area contributed by atoms with Crippen LogP contribution in [0.1, 0.15) is 18.9 Å². The summed E-state index contributed by atoms with van der Waals surface area (Å²) in [5.41, 5.74) is -2.87. The van der Waals surface area contributed by atoms with E-state index in [0.717, 1.165) is 12.1 Å². The zero-order valence-electron chi connectivity index (χ0n) is 9.49. The summed E-state index contributed by atoms with van der Waals surface area (Å²) in [5, 5.41) is 2.33. The number of hydrogen-bond donors (Lipinski definition) is 0. The van der Waals surface area contributed by atoms with Gasteiger partial charge in [-0.25, -0.2) is 4.39 Å². The summed E-state index contributed by atoms with van der Waals surface area (Å²) < 4.78 is 53.1. The van der Waals surface area contributed by atoms with Gasteiger partial charge in [0, 0.05) is 12.0 Å². The second-order valence-electron chi connectivity index (χ2n) is 4.17. The molecule has 0 amide bonds. The number of halogens is 6. The summed E-state index contributed by atoms with van der Waals surface area (Å²) in [6.45, 7) is 1.40. The minimum absolute atomic E-state index is 0.175. The molecule has 0 bridgehead atoms. The quantitative estimate of drug-likeness (QED) is 0.544. The maximum absolute atomic E-state index is 13.3. The fourth-order valence-corrected chi connectivity index (χ4v) is 2.33. The standard InChI is InChI=1S/C11H7Cl2F4NO/c1-5-4-10(19-18-5,11(15,16)17)6-2-7(12)9(14)8(13)3-6/h2-3H,4H2,1H3. The highest BCUT2D eigenvalue weighted by Gasteiger charge is 2.61. The summed E-state index contributed by atoms with van der Waals surface area (Å²) in [6, 6.07) is 1.70. The molecule has 1 aliphatic rings. The number of benzene rings is 1. The third kappa shape index (κ3) is 2.27. The molecule has 1 heterocycles. The minimum Gasteiger partial charge on any atom is -0.374 e. The molecular weight excluding hydrogens is 309 g/mol. The molecular formula is C11H7Cl2F4NO. The largest absolute Gasteiger partial charge is 0.435 e. The highest BCUT2D eigenvalue weighted by atomic mass is 35.5. The molecule has 0 N–H and O–H groups in total. The highest BCUT2D eigenvalue weighted by Crippen LogP contribution is 2.49. The van der Waals surface area contributed by atoms with Gasteiger partial charge in [-0.3, -0.25) is 0 Å². The van der Waals surface area contributed by atoms with Crippen molar-refractivity contribution in [3.05, 3.63) is 33.6 Å². The van der Waals surface area contributed by atoms with Gasteiger partial charge in [0.15, 0.2) is 5.82 Å². The Bertz CT molecular complexity index is 535. The van der Waals surface area contributed by atoms with Crippen molar-refractivity contribution < 1.29 is 22.4 Å². The molecule has 0 saturated carbocycles. The lowest BCUT2D eigenvalue weighted by Crippen LogP contribution is -2.42. The van der Waals surface area contributed by atoms with Crippen LogP contribution in [0.25, 0.3) is 0 Å². The van der Waals surface area contributed by atoms with Crippen molar-refractivity contribution in [2.75, 3.05) is 0 Å². The summed E-state index contributed by atoms with van der Waals surface area (Å²) in [6.07, 6.45) is -5.23. The van der Waals surface area contributed by atoms with Crippen LogP contribution < -0.4 is 0 Å². The van der Waals surface area contributed by atoms with Gasteiger partial charge in [-0.15, -0.1) is 0 Å². The van der Waals surface area contributed by atoms with E-state index in [0.29, 0.717) is 0 Å². The van der Waals surface area contributed by atoms with Gasteiger partial charge in [0.1, 0.15) is 0 Å². The number of alkyl halides is 3. The minimum atomic E-state index is -4.74. The third-order valence-electron chi connectivity index (χ3n) is 2.77. The molecule has 1 unspecified atom stereocenters. The molecule has 2 rings (SSSR count). The maximum Gasteiger partial charge on any atom is 0.435 e. The lowest BCUT2D eigenvalue weighted by atomic mass is 9.88. The number of hydrogen-bond acceptors (Lipinski definition) is 2. The molecule has 0 radical (unpaired) electrons. The first-order valence-corrected chi connectivity index (χ1v) is 5.86. The average molecular weight is 316 g/mol. The Morgan fingerprint density at radius 2 is 1.79 bits per heavy atom. The van der Waals surface area contributed by atoms with Crippen LogP contribution in [0.15, 0.2) is 17.3 Å². The van der Waals surface area contributed by atoms with Crippen LogP contribution in [0, 0.1) is 5.82 Å². The lowest BCUT2D eigenvalue weighted by Gasteiger charge is -2.29. The molecule has 1 aromatic rings. The van der Waals surface area contributed by atoms with Crippen molar-refractivity contribution in [3.63, 3.8) is 0 Å². The van der Waals surface area contributed by atoms with Crippen molar-refractivity contribution >= 4 is 28.9 Å². The second kappa shape index (κ2) is 4.52. The Hall–Kier alpha value is -1.01. The molecule has 2 nitrogen and oxygen atoms in total. The zero-order valence-corrected chi connectivity index (χ0v) is 11.0. The fourth-order valence-electron chi connectivity index (χ4n) is 1.84. The van der Waals surface area contributed by atoms with Crippen molar-refractivity contribution in [2.45, 2.75) is 25.1 Å². The molecule has 1 aromatic carbocycles. The van der Waals surface area contributed by atoms with Gasteiger partial charge in [0.2, 0.25) is 0 Å².